The number of hydrogen-bond donors (Lipinski definition) is 2. The quantitative estimate of drug-likeness (QED) is 0.453. The van der Waals surface area contributed by atoms with Crippen LogP contribution in [0.25, 0.3) is 10.6 Å². The monoisotopic (exact) mass is 491 g/mol. The smallest absolute Gasteiger partial charge is 0.419 e. The van der Waals surface area contributed by atoms with Gasteiger partial charge < -0.3 is 15.6 Å². The van der Waals surface area contributed by atoms with Crippen LogP contribution in [0, 0.1) is 0 Å². The number of rotatable bonds is 7. The van der Waals surface area contributed by atoms with Gasteiger partial charge in [-0.2, -0.15) is 26.3 Å². The molecule has 3 N–H and O–H groups in total. The summed E-state index contributed by atoms with van der Waals surface area (Å²) in [7, 11) is 0. The van der Waals surface area contributed by atoms with E-state index in [1.54, 1.807) is 0 Å². The van der Waals surface area contributed by atoms with Crippen LogP contribution >= 0.6 is 11.3 Å². The maximum atomic E-state index is 13.6. The third-order valence-corrected chi connectivity index (χ3v) is 5.96. The van der Waals surface area contributed by atoms with Gasteiger partial charge in [0.2, 0.25) is 0 Å². The van der Waals surface area contributed by atoms with E-state index in [2.05, 4.69) is 10.2 Å². The zero-order valence-corrected chi connectivity index (χ0v) is 18.0. The number of halogens is 6. The summed E-state index contributed by atoms with van der Waals surface area (Å²) in [5, 5.41) is 17.5. The summed E-state index contributed by atoms with van der Waals surface area (Å²) in [6, 6.07) is 7.74. The van der Waals surface area contributed by atoms with Crippen molar-refractivity contribution in [1.29, 1.82) is 0 Å². The van der Waals surface area contributed by atoms with Crippen LogP contribution in [0.15, 0.2) is 42.5 Å². The van der Waals surface area contributed by atoms with E-state index in [9.17, 15) is 31.4 Å². The van der Waals surface area contributed by atoms with E-state index < -0.39 is 41.4 Å². The summed E-state index contributed by atoms with van der Waals surface area (Å²) >= 11 is 0.965. The molecular weight excluding hydrogens is 472 g/mol. The highest BCUT2D eigenvalue weighted by Gasteiger charge is 2.35. The Balaban J connectivity index is 1.76. The maximum Gasteiger partial charge on any atom is 0.419 e. The van der Waals surface area contributed by atoms with Crippen molar-refractivity contribution in [1.82, 2.24) is 10.2 Å². The van der Waals surface area contributed by atoms with E-state index in [0.29, 0.717) is 5.56 Å². The number of aliphatic hydroxyl groups excluding tert-OH is 1. The zero-order valence-electron chi connectivity index (χ0n) is 17.2. The van der Waals surface area contributed by atoms with Gasteiger partial charge >= 0.3 is 12.4 Å². The molecule has 178 valence electrons. The predicted molar refractivity (Wildman–Crippen MR) is 110 cm³/mol. The van der Waals surface area contributed by atoms with Crippen molar-refractivity contribution in [3.63, 3.8) is 0 Å². The number of aliphatic hydroxyl groups is 1. The first-order chi connectivity index (χ1) is 15.3. The molecule has 0 saturated carbocycles. The number of nitrogens with zero attached hydrogens (tertiary/aromatic N) is 2. The first kappa shape index (κ1) is 24.9. The van der Waals surface area contributed by atoms with Crippen LogP contribution in [0.5, 0.6) is 5.75 Å². The summed E-state index contributed by atoms with van der Waals surface area (Å²) in [5.41, 5.74) is 3.51. The lowest BCUT2D eigenvalue weighted by atomic mass is 10.1. The third-order valence-electron chi connectivity index (χ3n) is 4.70. The number of ether oxygens (including phenoxy) is 1. The van der Waals surface area contributed by atoms with Crippen LogP contribution in [-0.2, 0) is 24.3 Å². The van der Waals surface area contributed by atoms with Gasteiger partial charge in [0, 0.05) is 12.0 Å². The van der Waals surface area contributed by atoms with Crippen LogP contribution in [-0.4, -0.2) is 28.5 Å². The van der Waals surface area contributed by atoms with E-state index in [4.69, 9.17) is 10.5 Å². The highest BCUT2D eigenvalue weighted by Crippen LogP contribution is 2.40. The van der Waals surface area contributed by atoms with E-state index in [-0.39, 0.29) is 28.6 Å². The summed E-state index contributed by atoms with van der Waals surface area (Å²) < 4.78 is 84.1. The van der Waals surface area contributed by atoms with Crippen molar-refractivity contribution in [2.75, 3.05) is 13.2 Å². The van der Waals surface area contributed by atoms with Crippen LogP contribution in [0.4, 0.5) is 26.3 Å². The van der Waals surface area contributed by atoms with Crippen LogP contribution in [0.2, 0.25) is 0 Å². The van der Waals surface area contributed by atoms with Crippen molar-refractivity contribution < 1.29 is 36.2 Å². The summed E-state index contributed by atoms with van der Waals surface area (Å²) in [5.74, 6) is -0.415. The molecule has 5 nitrogen and oxygen atoms in total. The maximum absolute atomic E-state index is 13.6. The van der Waals surface area contributed by atoms with Gasteiger partial charge in [-0.05, 0) is 42.8 Å². The Bertz CT molecular complexity index is 1090. The molecule has 1 atom stereocenters. The molecule has 0 saturated heterocycles. The molecule has 0 aliphatic carbocycles. The fourth-order valence-electron chi connectivity index (χ4n) is 2.79. The second-order valence-corrected chi connectivity index (χ2v) is 8.47. The van der Waals surface area contributed by atoms with Crippen LogP contribution in [0.3, 0.4) is 0 Å². The summed E-state index contributed by atoms with van der Waals surface area (Å²) in [6.07, 6.45) is -9.07. The molecule has 0 unspecified atom stereocenters. The Labute approximate surface area is 188 Å². The minimum atomic E-state index is -4.72. The van der Waals surface area contributed by atoms with Gasteiger partial charge in [0.15, 0.2) is 0 Å². The molecule has 0 aliphatic heterocycles. The molecule has 2 aromatic carbocycles. The predicted octanol–water partition coefficient (Wildman–Crippen LogP) is 5.03. The average molecular weight is 491 g/mol. The molecule has 0 fully saturated rings. The fraction of sp³-hybridized carbons (Fsp3) is 0.333. The second-order valence-electron chi connectivity index (χ2n) is 7.49. The third kappa shape index (κ3) is 6.01. The van der Waals surface area contributed by atoms with Crippen LogP contribution in [0.1, 0.15) is 28.6 Å². The number of hydrogen-bond acceptors (Lipinski definition) is 6. The minimum Gasteiger partial charge on any atom is -0.493 e. The van der Waals surface area contributed by atoms with Gasteiger partial charge in [0.05, 0.1) is 29.9 Å². The summed E-state index contributed by atoms with van der Waals surface area (Å²) in [6.45, 7) is 0.936. The lowest BCUT2D eigenvalue weighted by Gasteiger charge is -2.17. The number of benzene rings is 2. The van der Waals surface area contributed by atoms with E-state index in [0.717, 1.165) is 35.6 Å². The largest absolute Gasteiger partial charge is 0.493 e. The highest BCUT2D eigenvalue weighted by atomic mass is 32.1. The topological polar surface area (TPSA) is 81.3 Å². The molecule has 1 heterocycles. The molecule has 0 radical (unpaired) electrons. The Kier molecular flexibility index (Phi) is 7.01. The van der Waals surface area contributed by atoms with Crippen molar-refractivity contribution >= 4 is 11.3 Å². The Morgan fingerprint density at radius 3 is 2.21 bits per heavy atom. The van der Waals surface area contributed by atoms with Gasteiger partial charge in [-0.3, -0.25) is 0 Å². The lowest BCUT2D eigenvalue weighted by Crippen LogP contribution is -2.36. The molecule has 3 aromatic rings. The van der Waals surface area contributed by atoms with Gasteiger partial charge in [-0.25, -0.2) is 0 Å². The lowest BCUT2D eigenvalue weighted by molar-refractivity contribution is -0.139. The number of aromatic nitrogens is 2. The Morgan fingerprint density at radius 1 is 0.970 bits per heavy atom. The van der Waals surface area contributed by atoms with Gasteiger partial charge in [0.25, 0.3) is 0 Å². The summed E-state index contributed by atoms with van der Waals surface area (Å²) in [4.78, 5) is 0. The van der Waals surface area contributed by atoms with E-state index in [1.165, 1.54) is 25.1 Å². The molecule has 0 spiro atoms. The van der Waals surface area contributed by atoms with E-state index in [1.807, 2.05) is 0 Å². The van der Waals surface area contributed by atoms with E-state index >= 15 is 0 Å². The average Bonchev–Trinajstić information content (AvgIpc) is 3.24. The van der Waals surface area contributed by atoms with Gasteiger partial charge in [0.1, 0.15) is 15.8 Å². The van der Waals surface area contributed by atoms with Crippen molar-refractivity contribution in [2.45, 2.75) is 31.2 Å². The molecular formula is C21H19F6N3O2S. The van der Waals surface area contributed by atoms with Crippen LogP contribution < -0.4 is 10.5 Å². The zero-order chi connectivity index (χ0) is 24.4. The normalized spacial score (nSPS) is 14.2. The van der Waals surface area contributed by atoms with Crippen molar-refractivity contribution in [3.05, 3.63) is 64.2 Å². The first-order valence-electron chi connectivity index (χ1n) is 9.55. The van der Waals surface area contributed by atoms with Gasteiger partial charge in [-0.15, -0.1) is 10.2 Å². The molecule has 0 bridgehead atoms. The molecule has 0 aliphatic rings. The molecule has 33 heavy (non-hydrogen) atoms. The van der Waals surface area contributed by atoms with Crippen molar-refractivity contribution in [3.8, 4) is 16.3 Å². The second kappa shape index (κ2) is 9.27. The highest BCUT2D eigenvalue weighted by molar-refractivity contribution is 7.14. The fourth-order valence-corrected chi connectivity index (χ4v) is 3.68. The van der Waals surface area contributed by atoms with Crippen molar-refractivity contribution in [2.24, 2.45) is 5.73 Å². The molecule has 12 heteroatoms. The molecule has 3 rings (SSSR count). The standard InChI is InChI=1S/C21H19F6N3O2S/c1-19(28,11-31)18-30-29-17(33-18)13-4-7-16(15(10-13)21(25,26)27)32-9-8-12-2-5-14(6-3-12)20(22,23)24/h2-7,10,31H,8-9,11,28H2,1H3/t19-/m0/s1. The SMILES string of the molecule is C[C@](N)(CO)c1nnc(-c2ccc(OCCc3ccc(C(F)(F)F)cc3)c(C(F)(F)F)c2)s1. The molecule has 1 aromatic heterocycles. The van der Waals surface area contributed by atoms with Gasteiger partial charge in [-0.1, -0.05) is 23.5 Å². The Hall–Kier alpha value is -2.70. The first-order valence-corrected chi connectivity index (χ1v) is 10.4. The number of alkyl halides is 6. The minimum absolute atomic E-state index is 0.118. The molecule has 0 amide bonds. The Morgan fingerprint density at radius 2 is 1.64 bits per heavy atom. The number of nitrogens with two attached hydrogens (primary N) is 1.